The molecule has 0 unspecified atom stereocenters. The van der Waals surface area contributed by atoms with Crippen LogP contribution in [0, 0.1) is 30.6 Å². The summed E-state index contributed by atoms with van der Waals surface area (Å²) in [5.41, 5.74) is -0.103. The third kappa shape index (κ3) is 2.26. The Morgan fingerprint density at radius 3 is 2.67 bits per heavy atom. The van der Waals surface area contributed by atoms with Gasteiger partial charge in [0, 0.05) is 30.6 Å². The first-order valence-electron chi connectivity index (χ1n) is 8.54. The number of fused-ring (bicyclic) bond motifs is 2. The van der Waals surface area contributed by atoms with Gasteiger partial charge in [0.1, 0.15) is 11.2 Å². The fourth-order valence-corrected chi connectivity index (χ4v) is 5.49. The lowest BCUT2D eigenvalue weighted by molar-refractivity contribution is -0.142. The highest BCUT2D eigenvalue weighted by Gasteiger charge is 2.68. The minimum atomic E-state index is -0.914. The van der Waals surface area contributed by atoms with Gasteiger partial charge in [0.2, 0.25) is 0 Å². The summed E-state index contributed by atoms with van der Waals surface area (Å²) in [4.78, 5) is 32.0. The first-order valence-corrected chi connectivity index (χ1v) is 9.35. The number of aromatic nitrogens is 1. The molecular formula is C18H26N2O3S. The van der Waals surface area contributed by atoms with E-state index in [9.17, 15) is 9.59 Å². The summed E-state index contributed by atoms with van der Waals surface area (Å²) >= 11 is 1.51. The topological polar surface area (TPSA) is 60.7 Å². The number of ketones is 1. The number of thiazole rings is 1. The van der Waals surface area contributed by atoms with Crippen molar-refractivity contribution < 1.29 is 14.3 Å². The molecular weight excluding hydrogens is 324 g/mol. The zero-order chi connectivity index (χ0) is 17.7. The maximum absolute atomic E-state index is 13.1. The van der Waals surface area contributed by atoms with Crippen molar-refractivity contribution in [3.05, 3.63) is 15.4 Å². The van der Waals surface area contributed by atoms with E-state index in [1.165, 1.54) is 11.3 Å². The molecule has 132 valence electrons. The molecule has 0 N–H and O–H groups in total. The third-order valence-corrected chi connectivity index (χ3v) is 7.46. The molecule has 2 saturated carbocycles. The Balaban J connectivity index is 2.05. The summed E-state index contributed by atoms with van der Waals surface area (Å²) in [6.45, 7) is 9.41. The Kier molecular flexibility index (Phi) is 4.33. The van der Waals surface area contributed by atoms with E-state index in [1.54, 1.807) is 7.11 Å². The fourth-order valence-electron chi connectivity index (χ4n) is 4.49. The second-order valence-corrected chi connectivity index (χ2v) is 8.76. The number of ether oxygens (including phenoxy) is 1. The van der Waals surface area contributed by atoms with Crippen LogP contribution in [0.5, 0.6) is 0 Å². The molecule has 3 rings (SSSR count). The number of carbonyl (C=O) groups excluding carboxylic acids is 2. The minimum Gasteiger partial charge on any atom is -0.383 e. The van der Waals surface area contributed by atoms with Crippen molar-refractivity contribution in [1.82, 2.24) is 4.57 Å². The minimum absolute atomic E-state index is 0.0888. The summed E-state index contributed by atoms with van der Waals surface area (Å²) in [7, 11) is 1.66. The van der Waals surface area contributed by atoms with Crippen molar-refractivity contribution in [2.45, 2.75) is 53.5 Å². The van der Waals surface area contributed by atoms with Crippen LogP contribution in [0.15, 0.2) is 4.99 Å². The molecule has 0 aromatic carbocycles. The van der Waals surface area contributed by atoms with E-state index < -0.39 is 5.41 Å². The van der Waals surface area contributed by atoms with Gasteiger partial charge in [0.15, 0.2) is 4.80 Å². The quantitative estimate of drug-likeness (QED) is 0.784. The van der Waals surface area contributed by atoms with Crippen LogP contribution >= 0.6 is 11.3 Å². The van der Waals surface area contributed by atoms with Gasteiger partial charge in [-0.3, -0.25) is 9.59 Å². The molecule has 0 aliphatic heterocycles. The Labute approximate surface area is 146 Å². The number of methoxy groups -OCH3 is 1. The molecule has 0 spiro atoms. The predicted octanol–water partition coefficient (Wildman–Crippen LogP) is 2.64. The largest absolute Gasteiger partial charge is 0.383 e. The molecule has 1 aromatic rings. The van der Waals surface area contributed by atoms with E-state index in [-0.39, 0.29) is 17.1 Å². The van der Waals surface area contributed by atoms with Gasteiger partial charge in [-0.25, -0.2) is 0 Å². The number of nitrogens with zero attached hydrogens (tertiary/aromatic N) is 2. The van der Waals surface area contributed by atoms with Gasteiger partial charge in [-0.1, -0.05) is 13.8 Å². The number of rotatable bonds is 4. The lowest BCUT2D eigenvalue weighted by atomic mass is 9.68. The highest BCUT2D eigenvalue weighted by molar-refractivity contribution is 7.09. The number of amides is 1. The highest BCUT2D eigenvalue weighted by Crippen LogP contribution is 2.64. The molecule has 2 aliphatic rings. The van der Waals surface area contributed by atoms with Gasteiger partial charge in [0.25, 0.3) is 5.91 Å². The van der Waals surface area contributed by atoms with Crippen LogP contribution in [0.3, 0.4) is 0 Å². The van der Waals surface area contributed by atoms with Crippen molar-refractivity contribution in [2.24, 2.45) is 21.7 Å². The van der Waals surface area contributed by atoms with Gasteiger partial charge in [0.05, 0.1) is 6.61 Å². The zero-order valence-corrected chi connectivity index (χ0v) is 16.0. The molecule has 0 saturated heterocycles. The maximum atomic E-state index is 13.1. The van der Waals surface area contributed by atoms with Crippen LogP contribution in [0.1, 0.15) is 43.7 Å². The highest BCUT2D eigenvalue weighted by atomic mass is 32.1. The standard InChI is InChI=1S/C18H26N2O3S/c1-11-12(2)24-16(20(11)8-9-23-5)19-15(22)18-7-6-13(10-14(18)21)17(18,3)4/h13H,6-10H2,1-5H3/b19-16-/t13-,18+/m1/s1. The Bertz CT molecular complexity index is 759. The van der Waals surface area contributed by atoms with E-state index in [2.05, 4.69) is 18.8 Å². The van der Waals surface area contributed by atoms with Crippen LogP contribution in [0.4, 0.5) is 0 Å². The number of Topliss-reactive ketones (excluding diaryl/α,β-unsaturated/α-hetero) is 1. The zero-order valence-electron chi connectivity index (χ0n) is 15.1. The van der Waals surface area contributed by atoms with E-state index in [0.717, 1.165) is 17.0 Å². The van der Waals surface area contributed by atoms with Crippen LogP contribution in [0.25, 0.3) is 0 Å². The van der Waals surface area contributed by atoms with Crippen LogP contribution in [0.2, 0.25) is 0 Å². The molecule has 6 heteroatoms. The number of aryl methyl sites for hydroxylation is 1. The number of hydrogen-bond donors (Lipinski definition) is 0. The van der Waals surface area contributed by atoms with Crippen molar-refractivity contribution >= 4 is 23.0 Å². The molecule has 2 fully saturated rings. The van der Waals surface area contributed by atoms with Gasteiger partial charge in [-0.2, -0.15) is 4.99 Å². The van der Waals surface area contributed by atoms with E-state index in [4.69, 9.17) is 4.74 Å². The Hall–Kier alpha value is -1.27. The van der Waals surface area contributed by atoms with Crippen molar-refractivity contribution in [1.29, 1.82) is 0 Å². The predicted molar refractivity (Wildman–Crippen MR) is 92.8 cm³/mol. The molecule has 5 nitrogen and oxygen atoms in total. The molecule has 1 amide bonds. The smallest absolute Gasteiger partial charge is 0.262 e. The molecule has 2 aliphatic carbocycles. The second-order valence-electron chi connectivity index (χ2n) is 7.58. The lowest BCUT2D eigenvalue weighted by Gasteiger charge is -2.32. The van der Waals surface area contributed by atoms with Crippen molar-refractivity contribution in [3.63, 3.8) is 0 Å². The van der Waals surface area contributed by atoms with Gasteiger partial charge >= 0.3 is 0 Å². The van der Waals surface area contributed by atoms with Crippen LogP contribution < -0.4 is 4.80 Å². The normalized spacial score (nSPS) is 28.8. The molecule has 1 heterocycles. The first kappa shape index (κ1) is 17.5. The fraction of sp³-hybridized carbons (Fsp3) is 0.722. The van der Waals surface area contributed by atoms with Gasteiger partial charge in [-0.05, 0) is 38.0 Å². The van der Waals surface area contributed by atoms with E-state index >= 15 is 0 Å². The molecule has 0 radical (unpaired) electrons. The Morgan fingerprint density at radius 2 is 2.12 bits per heavy atom. The van der Waals surface area contributed by atoms with Crippen LogP contribution in [-0.2, 0) is 20.9 Å². The van der Waals surface area contributed by atoms with Crippen molar-refractivity contribution in [3.8, 4) is 0 Å². The summed E-state index contributed by atoms with van der Waals surface area (Å²) in [5.74, 6) is 0.160. The Morgan fingerprint density at radius 1 is 1.42 bits per heavy atom. The summed E-state index contributed by atoms with van der Waals surface area (Å²) in [6.07, 6.45) is 2.12. The van der Waals surface area contributed by atoms with E-state index in [1.807, 2.05) is 18.4 Å². The average molecular weight is 350 g/mol. The maximum Gasteiger partial charge on any atom is 0.262 e. The number of carbonyl (C=O) groups is 2. The summed E-state index contributed by atoms with van der Waals surface area (Å²) in [5, 5.41) is 0. The molecule has 1 aromatic heterocycles. The first-order chi connectivity index (χ1) is 11.3. The second kappa shape index (κ2) is 5.92. The molecule has 2 bridgehead atoms. The third-order valence-electron chi connectivity index (χ3n) is 6.37. The average Bonchev–Trinajstić information content (AvgIpc) is 3.01. The number of hydrogen-bond acceptors (Lipinski definition) is 4. The molecule has 24 heavy (non-hydrogen) atoms. The van der Waals surface area contributed by atoms with E-state index in [0.29, 0.717) is 36.7 Å². The lowest BCUT2D eigenvalue weighted by Crippen LogP contribution is -2.43. The monoisotopic (exact) mass is 350 g/mol. The summed E-state index contributed by atoms with van der Waals surface area (Å²) < 4.78 is 7.20. The SMILES string of the molecule is COCCn1c(C)c(C)s/c1=N\C(=O)[C@]12CC[C@H](CC1=O)C2(C)C. The summed E-state index contributed by atoms with van der Waals surface area (Å²) in [6, 6.07) is 0. The van der Waals surface area contributed by atoms with Gasteiger partial charge in [-0.15, -0.1) is 11.3 Å². The van der Waals surface area contributed by atoms with Gasteiger partial charge < -0.3 is 9.30 Å². The molecule has 2 atom stereocenters. The van der Waals surface area contributed by atoms with Crippen molar-refractivity contribution in [2.75, 3.05) is 13.7 Å². The van der Waals surface area contributed by atoms with Crippen LogP contribution in [-0.4, -0.2) is 30.0 Å².